The van der Waals surface area contributed by atoms with Crippen LogP contribution in [-0.2, 0) is 11.0 Å². The van der Waals surface area contributed by atoms with Gasteiger partial charge in [-0.05, 0) is 25.1 Å². The number of alkyl halides is 3. The quantitative estimate of drug-likeness (QED) is 0.837. The van der Waals surface area contributed by atoms with E-state index in [1.807, 2.05) is 0 Å². The molecule has 3 N–H and O–H groups in total. The first kappa shape index (κ1) is 12.4. The zero-order valence-corrected chi connectivity index (χ0v) is 8.51. The fourth-order valence-electron chi connectivity index (χ4n) is 1.11. The number of nitrogens with two attached hydrogens (primary N) is 1. The van der Waals surface area contributed by atoms with Crippen LogP contribution >= 0.6 is 0 Å². The van der Waals surface area contributed by atoms with Crippen LogP contribution in [0.5, 0.6) is 0 Å². The third-order valence-corrected chi connectivity index (χ3v) is 2.00. The minimum absolute atomic E-state index is 0.209. The smallest absolute Gasteiger partial charge is 0.374 e. The average Bonchev–Trinajstić information content (AvgIpc) is 2.16. The van der Waals surface area contributed by atoms with Crippen LogP contribution in [0.3, 0.4) is 0 Å². The molecule has 1 atom stereocenters. The highest BCUT2D eigenvalue weighted by Crippen LogP contribution is 2.30. The van der Waals surface area contributed by atoms with Crippen molar-refractivity contribution in [2.24, 2.45) is 5.73 Å². The van der Waals surface area contributed by atoms with Crippen LogP contribution in [0.15, 0.2) is 24.3 Å². The van der Waals surface area contributed by atoms with Crippen molar-refractivity contribution in [3.05, 3.63) is 29.8 Å². The number of halogens is 3. The zero-order valence-electron chi connectivity index (χ0n) is 8.51. The molecule has 0 aliphatic rings. The fourth-order valence-corrected chi connectivity index (χ4v) is 1.11. The van der Waals surface area contributed by atoms with Gasteiger partial charge in [-0.15, -0.1) is 0 Å². The first-order valence-corrected chi connectivity index (χ1v) is 4.54. The standard InChI is InChI=1S/C10H11F3N2O/c1-6(9(14)16)15-8-4-2-3-7(5-8)10(11,12)13/h2-6,15H,1H3,(H2,14,16). The lowest BCUT2D eigenvalue weighted by atomic mass is 10.2. The van der Waals surface area contributed by atoms with Crippen LogP contribution in [0.4, 0.5) is 18.9 Å². The van der Waals surface area contributed by atoms with E-state index in [1.54, 1.807) is 0 Å². The molecule has 0 heterocycles. The highest BCUT2D eigenvalue weighted by Gasteiger charge is 2.30. The highest BCUT2D eigenvalue weighted by atomic mass is 19.4. The van der Waals surface area contributed by atoms with Gasteiger partial charge in [-0.3, -0.25) is 4.79 Å². The molecule has 3 nitrogen and oxygen atoms in total. The van der Waals surface area contributed by atoms with E-state index in [0.717, 1.165) is 12.1 Å². The Labute approximate surface area is 90.4 Å². The van der Waals surface area contributed by atoms with Gasteiger partial charge < -0.3 is 11.1 Å². The Kier molecular flexibility index (Phi) is 3.41. The Bertz CT molecular complexity index is 390. The molecule has 0 saturated carbocycles. The van der Waals surface area contributed by atoms with Crippen LogP contribution in [0.2, 0.25) is 0 Å². The second-order valence-corrected chi connectivity index (χ2v) is 3.35. The van der Waals surface area contributed by atoms with Crippen molar-refractivity contribution in [2.75, 3.05) is 5.32 Å². The maximum absolute atomic E-state index is 12.3. The Hall–Kier alpha value is -1.72. The summed E-state index contributed by atoms with van der Waals surface area (Å²) in [6, 6.07) is 3.87. The first-order chi connectivity index (χ1) is 7.30. The summed E-state index contributed by atoms with van der Waals surface area (Å²) < 4.78 is 37.0. The molecule has 0 radical (unpaired) electrons. The number of carbonyl (C=O) groups is 1. The molecule has 88 valence electrons. The minimum atomic E-state index is -4.40. The Morgan fingerprint density at radius 1 is 1.44 bits per heavy atom. The number of hydrogen-bond acceptors (Lipinski definition) is 2. The monoisotopic (exact) mass is 232 g/mol. The molecule has 0 fully saturated rings. The summed E-state index contributed by atoms with van der Waals surface area (Å²) in [6.45, 7) is 1.47. The second-order valence-electron chi connectivity index (χ2n) is 3.35. The summed E-state index contributed by atoms with van der Waals surface area (Å²) in [7, 11) is 0. The molecule has 6 heteroatoms. The molecular formula is C10H11F3N2O. The number of nitrogens with one attached hydrogen (secondary N) is 1. The molecular weight excluding hydrogens is 221 g/mol. The molecule has 0 aromatic heterocycles. The second kappa shape index (κ2) is 4.42. The predicted molar refractivity (Wildman–Crippen MR) is 53.7 cm³/mol. The summed E-state index contributed by atoms with van der Waals surface area (Å²) in [5.74, 6) is -0.627. The van der Waals surface area contributed by atoms with Crippen LogP contribution in [-0.4, -0.2) is 11.9 Å². The molecule has 0 saturated heterocycles. The van der Waals surface area contributed by atoms with Crippen LogP contribution in [0, 0.1) is 0 Å². The Morgan fingerprint density at radius 2 is 2.06 bits per heavy atom. The van der Waals surface area contributed by atoms with E-state index in [0.29, 0.717) is 0 Å². The van der Waals surface area contributed by atoms with Gasteiger partial charge in [0.1, 0.15) is 6.04 Å². The van der Waals surface area contributed by atoms with Gasteiger partial charge in [0.2, 0.25) is 5.91 Å². The minimum Gasteiger partial charge on any atom is -0.374 e. The third kappa shape index (κ3) is 3.15. The molecule has 0 aliphatic heterocycles. The summed E-state index contributed by atoms with van der Waals surface area (Å²) in [5.41, 5.74) is 4.42. The van der Waals surface area contributed by atoms with Gasteiger partial charge >= 0.3 is 6.18 Å². The first-order valence-electron chi connectivity index (χ1n) is 4.54. The van der Waals surface area contributed by atoms with Crippen molar-refractivity contribution in [2.45, 2.75) is 19.1 Å². The third-order valence-electron chi connectivity index (χ3n) is 2.00. The maximum atomic E-state index is 12.3. The van der Waals surface area contributed by atoms with Crippen LogP contribution in [0.1, 0.15) is 12.5 Å². The lowest BCUT2D eigenvalue weighted by Gasteiger charge is -2.13. The summed E-state index contributed by atoms with van der Waals surface area (Å²) in [6.07, 6.45) is -4.40. The number of rotatable bonds is 3. The van der Waals surface area contributed by atoms with Crippen molar-refractivity contribution in [3.63, 3.8) is 0 Å². The highest BCUT2D eigenvalue weighted by molar-refractivity contribution is 5.82. The summed E-state index contributed by atoms with van der Waals surface area (Å²) in [4.78, 5) is 10.7. The summed E-state index contributed by atoms with van der Waals surface area (Å²) >= 11 is 0. The molecule has 1 rings (SSSR count). The van der Waals surface area contributed by atoms with E-state index in [2.05, 4.69) is 5.32 Å². The lowest BCUT2D eigenvalue weighted by molar-refractivity contribution is -0.137. The largest absolute Gasteiger partial charge is 0.416 e. The lowest BCUT2D eigenvalue weighted by Crippen LogP contribution is -2.32. The normalized spacial score (nSPS) is 13.2. The molecule has 1 unspecified atom stereocenters. The zero-order chi connectivity index (χ0) is 12.3. The van der Waals surface area contributed by atoms with E-state index in [4.69, 9.17) is 5.73 Å². The topological polar surface area (TPSA) is 55.1 Å². The van der Waals surface area contributed by atoms with Gasteiger partial charge in [-0.1, -0.05) is 6.07 Å². The molecule has 16 heavy (non-hydrogen) atoms. The van der Waals surface area contributed by atoms with Gasteiger partial charge in [0.05, 0.1) is 5.56 Å². The van der Waals surface area contributed by atoms with Crippen molar-refractivity contribution in [3.8, 4) is 0 Å². The molecule has 0 spiro atoms. The SMILES string of the molecule is CC(Nc1cccc(C(F)(F)F)c1)C(N)=O. The van der Waals surface area contributed by atoms with E-state index in [-0.39, 0.29) is 5.69 Å². The van der Waals surface area contributed by atoms with Gasteiger partial charge in [0.25, 0.3) is 0 Å². The van der Waals surface area contributed by atoms with Crippen molar-refractivity contribution in [1.82, 2.24) is 0 Å². The number of anilines is 1. The van der Waals surface area contributed by atoms with Crippen LogP contribution in [0.25, 0.3) is 0 Å². The number of benzene rings is 1. The Balaban J connectivity index is 2.87. The van der Waals surface area contributed by atoms with Gasteiger partial charge in [-0.2, -0.15) is 13.2 Å². The van der Waals surface area contributed by atoms with E-state index >= 15 is 0 Å². The molecule has 1 aromatic rings. The van der Waals surface area contributed by atoms with Crippen LogP contribution < -0.4 is 11.1 Å². The van der Waals surface area contributed by atoms with Gasteiger partial charge in [0.15, 0.2) is 0 Å². The van der Waals surface area contributed by atoms with E-state index < -0.39 is 23.7 Å². The van der Waals surface area contributed by atoms with Crippen molar-refractivity contribution in [1.29, 1.82) is 0 Å². The predicted octanol–water partition coefficient (Wildman–Crippen LogP) is 1.99. The Morgan fingerprint density at radius 3 is 2.56 bits per heavy atom. The number of primary amides is 1. The molecule has 0 aliphatic carbocycles. The fraction of sp³-hybridized carbons (Fsp3) is 0.300. The van der Waals surface area contributed by atoms with Crippen molar-refractivity contribution < 1.29 is 18.0 Å². The summed E-state index contributed by atoms with van der Waals surface area (Å²) in [5, 5.41) is 2.58. The molecule has 0 bridgehead atoms. The number of hydrogen-bond donors (Lipinski definition) is 2. The average molecular weight is 232 g/mol. The molecule has 1 amide bonds. The van der Waals surface area contributed by atoms with Crippen molar-refractivity contribution >= 4 is 11.6 Å². The maximum Gasteiger partial charge on any atom is 0.416 e. The van der Waals surface area contributed by atoms with Gasteiger partial charge in [0, 0.05) is 5.69 Å². The van der Waals surface area contributed by atoms with E-state index in [1.165, 1.54) is 19.1 Å². The van der Waals surface area contributed by atoms with E-state index in [9.17, 15) is 18.0 Å². The number of carbonyl (C=O) groups excluding carboxylic acids is 1. The molecule has 1 aromatic carbocycles. The van der Waals surface area contributed by atoms with Gasteiger partial charge in [-0.25, -0.2) is 0 Å². The number of amides is 1.